The highest BCUT2D eigenvalue weighted by atomic mass is 19.1. The van der Waals surface area contributed by atoms with Gasteiger partial charge in [0.05, 0.1) is 6.10 Å². The molecule has 0 radical (unpaired) electrons. The van der Waals surface area contributed by atoms with Crippen molar-refractivity contribution >= 4 is 6.03 Å². The Morgan fingerprint density at radius 2 is 1.79 bits per heavy atom. The van der Waals surface area contributed by atoms with Gasteiger partial charge in [-0.2, -0.15) is 0 Å². The summed E-state index contributed by atoms with van der Waals surface area (Å²) in [5.74, 6) is -0.206. The average Bonchev–Trinajstić information content (AvgIpc) is 2.71. The van der Waals surface area contributed by atoms with Crippen LogP contribution in [-0.2, 0) is 11.3 Å². The smallest absolute Gasteiger partial charge is 0.317 e. The van der Waals surface area contributed by atoms with Crippen molar-refractivity contribution in [3.8, 4) is 0 Å². The Kier molecular flexibility index (Phi) is 8.06. The molecule has 0 atom stereocenters. The van der Waals surface area contributed by atoms with E-state index in [9.17, 15) is 9.18 Å². The third-order valence-electron chi connectivity index (χ3n) is 5.60. The number of amides is 2. The molecule has 0 aliphatic carbocycles. The number of ether oxygens (including phenoxy) is 1. The van der Waals surface area contributed by atoms with Crippen molar-refractivity contribution in [1.82, 2.24) is 20.0 Å². The second-order valence-electron chi connectivity index (χ2n) is 7.85. The van der Waals surface area contributed by atoms with Crippen molar-refractivity contribution in [2.75, 3.05) is 59.5 Å². The van der Waals surface area contributed by atoms with Gasteiger partial charge in [-0.05, 0) is 44.0 Å². The lowest BCUT2D eigenvalue weighted by Gasteiger charge is -2.34. The van der Waals surface area contributed by atoms with Crippen LogP contribution >= 0.6 is 0 Å². The minimum absolute atomic E-state index is 0.0146. The van der Waals surface area contributed by atoms with Gasteiger partial charge in [0.1, 0.15) is 5.82 Å². The Labute approximate surface area is 167 Å². The molecule has 0 aromatic heterocycles. The quantitative estimate of drug-likeness (QED) is 0.723. The minimum atomic E-state index is -0.206. The van der Waals surface area contributed by atoms with Crippen molar-refractivity contribution in [2.24, 2.45) is 0 Å². The van der Waals surface area contributed by atoms with Gasteiger partial charge in [0, 0.05) is 59.0 Å². The number of nitrogens with one attached hydrogen (secondary N) is 1. The summed E-state index contributed by atoms with van der Waals surface area (Å²) < 4.78 is 18.9. The van der Waals surface area contributed by atoms with Crippen molar-refractivity contribution in [3.05, 3.63) is 35.6 Å². The predicted octanol–water partition coefficient (Wildman–Crippen LogP) is 2.15. The molecular weight excluding hydrogens is 359 g/mol. The molecule has 0 bridgehead atoms. The maximum absolute atomic E-state index is 13.0. The zero-order valence-corrected chi connectivity index (χ0v) is 16.9. The van der Waals surface area contributed by atoms with E-state index in [2.05, 4.69) is 22.2 Å². The van der Waals surface area contributed by atoms with E-state index in [-0.39, 0.29) is 11.8 Å². The highest BCUT2D eigenvalue weighted by Gasteiger charge is 2.21. The van der Waals surface area contributed by atoms with Crippen LogP contribution in [0.15, 0.2) is 24.3 Å². The summed E-state index contributed by atoms with van der Waals surface area (Å²) in [6, 6.07) is 6.65. The van der Waals surface area contributed by atoms with Crippen molar-refractivity contribution in [3.63, 3.8) is 0 Å². The summed E-state index contributed by atoms with van der Waals surface area (Å²) >= 11 is 0. The van der Waals surface area contributed by atoms with E-state index in [1.165, 1.54) is 12.1 Å². The normalized spacial score (nSPS) is 19.7. The van der Waals surface area contributed by atoms with Crippen LogP contribution in [0.25, 0.3) is 0 Å². The van der Waals surface area contributed by atoms with Gasteiger partial charge < -0.3 is 19.9 Å². The molecule has 3 rings (SSSR count). The number of piperazine rings is 1. The number of likely N-dealkylation sites (tertiary alicyclic amines) is 1. The first-order chi connectivity index (χ1) is 13.6. The summed E-state index contributed by atoms with van der Waals surface area (Å²) in [5.41, 5.74) is 1.10. The van der Waals surface area contributed by atoms with E-state index < -0.39 is 0 Å². The summed E-state index contributed by atoms with van der Waals surface area (Å²) in [6.45, 7) is 7.49. The fraction of sp³-hybridized carbons (Fsp3) is 0.667. The number of halogens is 1. The van der Waals surface area contributed by atoms with Crippen LogP contribution in [-0.4, -0.2) is 86.3 Å². The number of carbonyl (C=O) groups is 1. The molecule has 6 nitrogen and oxygen atoms in total. The fourth-order valence-corrected chi connectivity index (χ4v) is 3.74. The molecule has 7 heteroatoms. The number of nitrogens with zero attached hydrogens (tertiary/aromatic N) is 3. The van der Waals surface area contributed by atoms with Crippen molar-refractivity contribution < 1.29 is 13.9 Å². The summed E-state index contributed by atoms with van der Waals surface area (Å²) in [5, 5.41) is 3.01. The van der Waals surface area contributed by atoms with Gasteiger partial charge in [0.15, 0.2) is 0 Å². The second kappa shape index (κ2) is 10.7. The zero-order chi connectivity index (χ0) is 19.8. The van der Waals surface area contributed by atoms with Crippen LogP contribution < -0.4 is 5.32 Å². The molecule has 2 saturated heterocycles. The number of hydrogen-bond acceptors (Lipinski definition) is 4. The molecule has 2 aliphatic rings. The maximum Gasteiger partial charge on any atom is 0.317 e. The van der Waals surface area contributed by atoms with E-state index in [0.717, 1.165) is 70.6 Å². The molecule has 2 amide bonds. The number of hydrogen-bond donors (Lipinski definition) is 1. The SMILES string of the molecule is CN1CCC(OCCCNC(=O)N2CCN(Cc3ccc(F)cc3)CC2)CC1. The van der Waals surface area contributed by atoms with Crippen LogP contribution in [0.5, 0.6) is 0 Å². The summed E-state index contributed by atoms with van der Waals surface area (Å²) in [6.07, 6.45) is 3.43. The molecule has 1 aromatic carbocycles. The van der Waals surface area contributed by atoms with Crippen LogP contribution in [0.2, 0.25) is 0 Å². The van der Waals surface area contributed by atoms with Crippen LogP contribution in [0.4, 0.5) is 9.18 Å². The van der Waals surface area contributed by atoms with E-state index in [1.807, 2.05) is 17.0 Å². The highest BCUT2D eigenvalue weighted by molar-refractivity contribution is 5.74. The van der Waals surface area contributed by atoms with E-state index in [1.54, 1.807) is 0 Å². The van der Waals surface area contributed by atoms with Gasteiger partial charge in [-0.25, -0.2) is 9.18 Å². The van der Waals surface area contributed by atoms with Gasteiger partial charge in [-0.15, -0.1) is 0 Å². The fourth-order valence-electron chi connectivity index (χ4n) is 3.74. The standard InChI is InChI=1S/C21H33FN4O2/c1-24-10-7-20(8-11-24)28-16-2-9-23-21(27)26-14-12-25(13-15-26)17-18-3-5-19(22)6-4-18/h3-6,20H,2,7-17H2,1H3,(H,23,27). The molecule has 0 unspecified atom stereocenters. The molecular formula is C21H33FN4O2. The van der Waals surface area contributed by atoms with E-state index in [0.29, 0.717) is 19.3 Å². The van der Waals surface area contributed by atoms with Gasteiger partial charge in [0.2, 0.25) is 0 Å². The Hall–Kier alpha value is -1.70. The van der Waals surface area contributed by atoms with Gasteiger partial charge >= 0.3 is 6.03 Å². The zero-order valence-electron chi connectivity index (χ0n) is 16.9. The summed E-state index contributed by atoms with van der Waals surface area (Å²) in [7, 11) is 2.15. The van der Waals surface area contributed by atoms with Crippen LogP contribution in [0.3, 0.4) is 0 Å². The average molecular weight is 393 g/mol. The monoisotopic (exact) mass is 392 g/mol. The molecule has 28 heavy (non-hydrogen) atoms. The van der Waals surface area contributed by atoms with Gasteiger partial charge in [0.25, 0.3) is 0 Å². The van der Waals surface area contributed by atoms with Crippen molar-refractivity contribution in [2.45, 2.75) is 31.9 Å². The Morgan fingerprint density at radius 3 is 2.46 bits per heavy atom. The molecule has 1 aromatic rings. The number of piperidine rings is 1. The van der Waals surface area contributed by atoms with Crippen LogP contribution in [0.1, 0.15) is 24.8 Å². The van der Waals surface area contributed by atoms with Gasteiger partial charge in [-0.1, -0.05) is 12.1 Å². The largest absolute Gasteiger partial charge is 0.378 e. The Morgan fingerprint density at radius 1 is 1.11 bits per heavy atom. The minimum Gasteiger partial charge on any atom is -0.378 e. The van der Waals surface area contributed by atoms with E-state index in [4.69, 9.17) is 4.74 Å². The topological polar surface area (TPSA) is 48.1 Å². The van der Waals surface area contributed by atoms with E-state index >= 15 is 0 Å². The second-order valence-corrected chi connectivity index (χ2v) is 7.85. The number of benzene rings is 1. The number of rotatable bonds is 7. The molecule has 2 aliphatic heterocycles. The predicted molar refractivity (Wildman–Crippen MR) is 108 cm³/mol. The lowest BCUT2D eigenvalue weighted by molar-refractivity contribution is 0.0117. The highest BCUT2D eigenvalue weighted by Crippen LogP contribution is 2.12. The molecule has 0 spiro atoms. The summed E-state index contributed by atoms with van der Waals surface area (Å²) in [4.78, 5) is 18.8. The third kappa shape index (κ3) is 6.72. The number of urea groups is 1. The number of carbonyl (C=O) groups excluding carboxylic acids is 1. The first kappa shape index (κ1) is 21.0. The Balaban J connectivity index is 1.25. The lowest BCUT2D eigenvalue weighted by atomic mass is 10.1. The molecule has 1 N–H and O–H groups in total. The third-order valence-corrected chi connectivity index (χ3v) is 5.60. The molecule has 2 fully saturated rings. The van der Waals surface area contributed by atoms with Gasteiger partial charge in [-0.3, -0.25) is 4.90 Å². The molecule has 156 valence electrons. The molecule has 0 saturated carbocycles. The maximum atomic E-state index is 13.0. The first-order valence-electron chi connectivity index (χ1n) is 10.4. The first-order valence-corrected chi connectivity index (χ1v) is 10.4. The lowest BCUT2D eigenvalue weighted by Crippen LogP contribution is -2.51. The Bertz CT molecular complexity index is 597. The van der Waals surface area contributed by atoms with Crippen LogP contribution in [0, 0.1) is 5.82 Å². The molecule has 2 heterocycles. The van der Waals surface area contributed by atoms with Crippen molar-refractivity contribution in [1.29, 1.82) is 0 Å².